The minimum Gasteiger partial charge on any atom is -0.494 e. The molecule has 11 heteroatoms. The molecule has 0 spiro atoms. The van der Waals surface area contributed by atoms with E-state index in [0.717, 1.165) is 22.8 Å². The fourth-order valence-corrected chi connectivity index (χ4v) is 4.99. The summed E-state index contributed by atoms with van der Waals surface area (Å²) in [7, 11) is 0. The quantitative estimate of drug-likeness (QED) is 0.0535. The standard InChI is InChI=1S/C39H43NO10/c1-5-35(41)48-21-7-6-20-45-31-16-10-29(11-17-31)38(43)49-34-24-25(2)36(27(4)26(34)3)50-39(44)30-12-18-33(19-13-30)47-23-22-46-32-14-8-28(9-15-32)37(40)42/h5,8-19,34,37,42H,1,6-7,20-24,40H2,2-4H3. The van der Waals surface area contributed by atoms with Crippen LogP contribution in [-0.2, 0) is 19.0 Å². The summed E-state index contributed by atoms with van der Waals surface area (Å²) in [5, 5.41) is 9.40. The van der Waals surface area contributed by atoms with Gasteiger partial charge in [0, 0.05) is 12.5 Å². The smallest absolute Gasteiger partial charge is 0.343 e. The van der Waals surface area contributed by atoms with Gasteiger partial charge in [0.2, 0.25) is 0 Å². The third-order valence-electron chi connectivity index (χ3n) is 7.98. The number of esters is 3. The lowest BCUT2D eigenvalue weighted by molar-refractivity contribution is -0.137. The Morgan fingerprint density at radius 1 is 0.780 bits per heavy atom. The van der Waals surface area contributed by atoms with Crippen LogP contribution in [0.4, 0.5) is 0 Å². The van der Waals surface area contributed by atoms with Crippen molar-refractivity contribution in [1.29, 1.82) is 0 Å². The summed E-state index contributed by atoms with van der Waals surface area (Å²) in [6, 6.07) is 20.2. The van der Waals surface area contributed by atoms with E-state index < -0.39 is 30.2 Å². The number of ether oxygens (including phenoxy) is 6. The molecule has 3 aromatic rings. The number of nitrogens with two attached hydrogens (primary N) is 1. The van der Waals surface area contributed by atoms with E-state index in [4.69, 9.17) is 34.2 Å². The van der Waals surface area contributed by atoms with Gasteiger partial charge in [0.05, 0.1) is 24.3 Å². The number of allylic oxidation sites excluding steroid dienone is 1. The molecule has 2 atom stereocenters. The maximum absolute atomic E-state index is 13.0. The van der Waals surface area contributed by atoms with Crippen molar-refractivity contribution in [3.8, 4) is 17.2 Å². The summed E-state index contributed by atoms with van der Waals surface area (Å²) in [6.07, 6.45) is 1.33. The Balaban J connectivity index is 1.22. The van der Waals surface area contributed by atoms with Gasteiger partial charge in [-0.2, -0.15) is 0 Å². The number of carbonyl (C=O) groups is 3. The number of aliphatic hydroxyl groups is 1. The zero-order chi connectivity index (χ0) is 36.0. The van der Waals surface area contributed by atoms with Gasteiger partial charge in [-0.1, -0.05) is 18.7 Å². The molecule has 0 saturated carbocycles. The Morgan fingerprint density at radius 3 is 1.82 bits per heavy atom. The molecule has 1 aliphatic carbocycles. The lowest BCUT2D eigenvalue weighted by Crippen LogP contribution is -2.25. The lowest BCUT2D eigenvalue weighted by Gasteiger charge is -2.28. The molecule has 3 N–H and O–H groups in total. The van der Waals surface area contributed by atoms with E-state index in [-0.39, 0.29) is 6.61 Å². The number of unbranched alkanes of at least 4 members (excludes halogenated alkanes) is 1. The Bertz CT molecular complexity index is 1690. The van der Waals surface area contributed by atoms with Gasteiger partial charge in [-0.05, 0) is 117 Å². The summed E-state index contributed by atoms with van der Waals surface area (Å²) in [6.45, 7) is 10.2. The van der Waals surface area contributed by atoms with Gasteiger partial charge in [0.15, 0.2) is 0 Å². The average Bonchev–Trinajstić information content (AvgIpc) is 3.12. The van der Waals surface area contributed by atoms with Crippen molar-refractivity contribution in [3.05, 3.63) is 125 Å². The van der Waals surface area contributed by atoms with Crippen LogP contribution in [0.3, 0.4) is 0 Å². The molecular weight excluding hydrogens is 642 g/mol. The molecule has 2 unspecified atom stereocenters. The summed E-state index contributed by atoms with van der Waals surface area (Å²) in [5.74, 6) is 0.840. The molecule has 0 fully saturated rings. The highest BCUT2D eigenvalue weighted by Crippen LogP contribution is 2.34. The number of hydrogen-bond acceptors (Lipinski definition) is 11. The van der Waals surface area contributed by atoms with Gasteiger partial charge >= 0.3 is 17.9 Å². The second-order valence-corrected chi connectivity index (χ2v) is 11.6. The van der Waals surface area contributed by atoms with Crippen LogP contribution in [0.15, 0.2) is 108 Å². The van der Waals surface area contributed by atoms with E-state index >= 15 is 0 Å². The Hall–Kier alpha value is -5.39. The van der Waals surface area contributed by atoms with Gasteiger partial charge in [-0.25, -0.2) is 14.4 Å². The van der Waals surface area contributed by atoms with Crippen LogP contribution in [0.5, 0.6) is 17.2 Å². The van der Waals surface area contributed by atoms with Crippen molar-refractivity contribution in [2.24, 2.45) is 5.73 Å². The lowest BCUT2D eigenvalue weighted by atomic mass is 9.90. The van der Waals surface area contributed by atoms with Crippen molar-refractivity contribution >= 4 is 17.9 Å². The molecule has 4 rings (SSSR count). The zero-order valence-corrected chi connectivity index (χ0v) is 28.5. The molecule has 0 aromatic heterocycles. The van der Waals surface area contributed by atoms with Crippen molar-refractivity contribution in [3.63, 3.8) is 0 Å². The predicted molar refractivity (Wildman–Crippen MR) is 186 cm³/mol. The molecule has 1 aliphatic rings. The summed E-state index contributed by atoms with van der Waals surface area (Å²) in [4.78, 5) is 37.1. The molecule has 3 aromatic carbocycles. The topological polar surface area (TPSA) is 153 Å². The number of rotatable bonds is 17. The van der Waals surface area contributed by atoms with Crippen LogP contribution in [-0.4, -0.2) is 55.5 Å². The van der Waals surface area contributed by atoms with Crippen LogP contribution in [0.2, 0.25) is 0 Å². The highest BCUT2D eigenvalue weighted by molar-refractivity contribution is 5.91. The molecule has 0 bridgehead atoms. The Morgan fingerprint density at radius 2 is 1.28 bits per heavy atom. The van der Waals surface area contributed by atoms with Gasteiger partial charge in [0.25, 0.3) is 0 Å². The number of carbonyl (C=O) groups excluding carboxylic acids is 3. The molecule has 0 radical (unpaired) electrons. The molecular formula is C39H43NO10. The Kier molecular flexibility index (Phi) is 13.8. The third kappa shape index (κ3) is 10.8. The van der Waals surface area contributed by atoms with Crippen LogP contribution in [0.25, 0.3) is 0 Å². The van der Waals surface area contributed by atoms with Crippen LogP contribution in [0.1, 0.15) is 72.5 Å². The van der Waals surface area contributed by atoms with Gasteiger partial charge in [-0.15, -0.1) is 0 Å². The molecule has 264 valence electrons. The van der Waals surface area contributed by atoms with Crippen molar-refractivity contribution in [2.45, 2.75) is 52.4 Å². The first-order chi connectivity index (χ1) is 24.0. The minimum atomic E-state index is -1.03. The second-order valence-electron chi connectivity index (χ2n) is 11.6. The second kappa shape index (κ2) is 18.4. The van der Waals surface area contributed by atoms with Gasteiger partial charge in [-0.3, -0.25) is 0 Å². The first-order valence-electron chi connectivity index (χ1n) is 16.3. The molecule has 50 heavy (non-hydrogen) atoms. The summed E-state index contributed by atoms with van der Waals surface area (Å²) < 4.78 is 33.7. The largest absolute Gasteiger partial charge is 0.494 e. The normalized spacial score (nSPS) is 14.8. The van der Waals surface area contributed by atoms with Crippen LogP contribution < -0.4 is 19.9 Å². The van der Waals surface area contributed by atoms with Crippen LogP contribution >= 0.6 is 0 Å². The van der Waals surface area contributed by atoms with Crippen molar-refractivity contribution < 1.29 is 47.9 Å². The molecule has 11 nitrogen and oxygen atoms in total. The summed E-state index contributed by atoms with van der Waals surface area (Å²) in [5.41, 5.74) is 9.10. The van der Waals surface area contributed by atoms with E-state index in [2.05, 4.69) is 6.58 Å². The SMILES string of the molecule is C=CC(=O)OCCCCOc1ccc(C(=O)OC2CC(C)=C(OC(=O)c3ccc(OCCOc4ccc(C(N)O)cc4)cc3)C(C)=C2C)cc1. The predicted octanol–water partition coefficient (Wildman–Crippen LogP) is 6.38. The first-order valence-corrected chi connectivity index (χ1v) is 16.3. The van der Waals surface area contributed by atoms with Gasteiger partial charge in [0.1, 0.15) is 48.6 Å². The molecule has 0 amide bonds. The maximum atomic E-state index is 13.0. The van der Waals surface area contributed by atoms with Crippen molar-refractivity contribution in [1.82, 2.24) is 0 Å². The highest BCUT2D eigenvalue weighted by atomic mass is 16.6. The number of benzene rings is 3. The highest BCUT2D eigenvalue weighted by Gasteiger charge is 2.29. The van der Waals surface area contributed by atoms with E-state index in [1.165, 1.54) is 0 Å². The summed E-state index contributed by atoms with van der Waals surface area (Å²) >= 11 is 0. The zero-order valence-electron chi connectivity index (χ0n) is 28.5. The van der Waals surface area contributed by atoms with Crippen LogP contribution in [0, 0.1) is 0 Å². The number of aliphatic hydroxyl groups excluding tert-OH is 1. The maximum Gasteiger partial charge on any atom is 0.343 e. The van der Waals surface area contributed by atoms with E-state index in [9.17, 15) is 19.5 Å². The molecule has 0 saturated heterocycles. The monoisotopic (exact) mass is 685 g/mol. The fourth-order valence-electron chi connectivity index (χ4n) is 4.99. The molecule has 0 heterocycles. The van der Waals surface area contributed by atoms with Gasteiger partial charge < -0.3 is 39.3 Å². The van der Waals surface area contributed by atoms with E-state index in [1.807, 2.05) is 20.8 Å². The first kappa shape index (κ1) is 37.4. The fraction of sp³-hybridized carbons (Fsp3) is 0.308. The van der Waals surface area contributed by atoms with E-state index in [0.29, 0.717) is 78.8 Å². The third-order valence-corrected chi connectivity index (χ3v) is 7.98. The minimum absolute atomic E-state index is 0.283. The Labute approximate surface area is 291 Å². The molecule has 0 aliphatic heterocycles. The van der Waals surface area contributed by atoms with Crippen molar-refractivity contribution in [2.75, 3.05) is 26.4 Å². The average molecular weight is 686 g/mol. The van der Waals surface area contributed by atoms with E-state index in [1.54, 1.807) is 72.8 Å². The number of hydrogen-bond donors (Lipinski definition) is 2.